The lowest BCUT2D eigenvalue weighted by molar-refractivity contribution is -0.274. The predicted octanol–water partition coefficient (Wildman–Crippen LogP) is 6.31. The first-order valence-corrected chi connectivity index (χ1v) is 11.6. The van der Waals surface area contributed by atoms with Gasteiger partial charge in [-0.2, -0.15) is 0 Å². The molecule has 10 heteroatoms. The third-order valence-corrected chi connectivity index (χ3v) is 6.71. The number of carbonyl (C=O) groups excluding carboxylic acids is 1. The normalized spacial score (nSPS) is 18.2. The molecule has 1 N–H and O–H groups in total. The van der Waals surface area contributed by atoms with Crippen molar-refractivity contribution in [3.05, 3.63) is 58.5 Å². The number of benzene rings is 1. The van der Waals surface area contributed by atoms with Crippen molar-refractivity contribution in [1.29, 1.82) is 0 Å². The van der Waals surface area contributed by atoms with Gasteiger partial charge in [-0.05, 0) is 86.4 Å². The Hall–Kier alpha value is -2.88. The van der Waals surface area contributed by atoms with Crippen LogP contribution in [0.4, 0.5) is 18.0 Å². The van der Waals surface area contributed by atoms with Crippen molar-refractivity contribution < 1.29 is 37.3 Å². The third-order valence-electron chi connectivity index (χ3n) is 5.48. The maximum absolute atomic E-state index is 12.8. The van der Waals surface area contributed by atoms with E-state index in [4.69, 9.17) is 4.74 Å². The van der Waals surface area contributed by atoms with E-state index in [1.165, 1.54) is 23.9 Å². The molecule has 1 aromatic rings. The monoisotopic (exact) mass is 497 g/mol. The quantitative estimate of drug-likeness (QED) is 0.476. The Bertz CT molecular complexity index is 1030. The molecule has 1 atom stereocenters. The van der Waals surface area contributed by atoms with Gasteiger partial charge in [-0.25, -0.2) is 4.79 Å². The Morgan fingerprint density at radius 2 is 1.79 bits per heavy atom. The van der Waals surface area contributed by atoms with Gasteiger partial charge < -0.3 is 19.5 Å². The van der Waals surface area contributed by atoms with Gasteiger partial charge in [0.2, 0.25) is 0 Å². The number of aliphatic carboxylic acids is 1. The Morgan fingerprint density at radius 1 is 1.15 bits per heavy atom. The van der Waals surface area contributed by atoms with Gasteiger partial charge in [-0.3, -0.25) is 4.79 Å². The van der Waals surface area contributed by atoms with Gasteiger partial charge >= 0.3 is 18.4 Å². The van der Waals surface area contributed by atoms with Crippen LogP contribution in [-0.4, -0.2) is 45.8 Å². The Labute approximate surface area is 200 Å². The lowest BCUT2D eigenvalue weighted by atomic mass is 9.86. The molecule has 1 amide bonds. The Kier molecular flexibility index (Phi) is 7.70. The molecule has 0 aliphatic heterocycles. The summed E-state index contributed by atoms with van der Waals surface area (Å²) in [4.78, 5) is 26.8. The van der Waals surface area contributed by atoms with E-state index in [2.05, 4.69) is 10.8 Å². The number of allylic oxidation sites excluding steroid dienone is 4. The number of halogens is 3. The third kappa shape index (κ3) is 6.59. The van der Waals surface area contributed by atoms with Crippen LogP contribution in [0.15, 0.2) is 58.5 Å². The van der Waals surface area contributed by atoms with E-state index in [9.17, 15) is 27.9 Å². The number of ether oxygens (including phenoxy) is 2. The van der Waals surface area contributed by atoms with Crippen LogP contribution < -0.4 is 9.47 Å². The van der Waals surface area contributed by atoms with E-state index in [0.717, 1.165) is 28.2 Å². The SMILES string of the molecule is CCN(C(=O)Oc1ccc(OC(F)(F)F)cc1)C1CC=C2C=C(SC(C)(C)C(=O)O)CC=C2C1. The Morgan fingerprint density at radius 3 is 2.38 bits per heavy atom. The highest BCUT2D eigenvalue weighted by atomic mass is 32.2. The van der Waals surface area contributed by atoms with Crippen LogP contribution >= 0.6 is 11.8 Å². The van der Waals surface area contributed by atoms with Crippen LogP contribution in [0.5, 0.6) is 11.5 Å². The van der Waals surface area contributed by atoms with Crippen molar-refractivity contribution in [3.8, 4) is 11.5 Å². The highest BCUT2D eigenvalue weighted by molar-refractivity contribution is 8.05. The van der Waals surface area contributed by atoms with Crippen molar-refractivity contribution >= 4 is 23.8 Å². The molecular formula is C24H26F3NO5S. The van der Waals surface area contributed by atoms with E-state index >= 15 is 0 Å². The van der Waals surface area contributed by atoms with Crippen molar-refractivity contribution in [2.75, 3.05) is 6.54 Å². The van der Waals surface area contributed by atoms with Gasteiger partial charge in [0.1, 0.15) is 16.2 Å². The molecule has 1 unspecified atom stereocenters. The van der Waals surface area contributed by atoms with Gasteiger partial charge in [0.25, 0.3) is 0 Å². The summed E-state index contributed by atoms with van der Waals surface area (Å²) in [5, 5.41) is 9.36. The number of carboxylic acid groups (broad SMARTS) is 1. The van der Waals surface area contributed by atoms with Gasteiger partial charge in [0.05, 0.1) is 0 Å². The number of thioether (sulfide) groups is 1. The van der Waals surface area contributed by atoms with Crippen LogP contribution in [0.3, 0.4) is 0 Å². The second kappa shape index (κ2) is 10.2. The molecule has 6 nitrogen and oxygen atoms in total. The number of amides is 1. The summed E-state index contributed by atoms with van der Waals surface area (Å²) in [6.45, 7) is 5.58. The lowest BCUT2D eigenvalue weighted by Crippen LogP contribution is -2.43. The maximum Gasteiger partial charge on any atom is 0.573 e. The minimum absolute atomic E-state index is 0.118. The number of fused-ring (bicyclic) bond motifs is 1. The van der Waals surface area contributed by atoms with Gasteiger partial charge in [0, 0.05) is 12.6 Å². The summed E-state index contributed by atoms with van der Waals surface area (Å²) in [5.74, 6) is -1.15. The molecule has 1 aromatic carbocycles. The molecule has 2 aliphatic carbocycles. The van der Waals surface area contributed by atoms with Crippen molar-refractivity contribution in [1.82, 2.24) is 4.90 Å². The highest BCUT2D eigenvalue weighted by Gasteiger charge is 2.33. The average Bonchev–Trinajstić information content (AvgIpc) is 2.74. The molecule has 0 radical (unpaired) electrons. The minimum Gasteiger partial charge on any atom is -0.480 e. The summed E-state index contributed by atoms with van der Waals surface area (Å²) in [6, 6.07) is 4.54. The van der Waals surface area contributed by atoms with E-state index in [0.29, 0.717) is 25.8 Å². The van der Waals surface area contributed by atoms with E-state index in [1.807, 2.05) is 19.1 Å². The fraction of sp³-hybridized carbons (Fsp3) is 0.417. The number of carbonyl (C=O) groups is 2. The highest BCUT2D eigenvalue weighted by Crippen LogP contribution is 2.41. The van der Waals surface area contributed by atoms with E-state index in [1.54, 1.807) is 18.7 Å². The number of nitrogens with zero attached hydrogens (tertiary/aromatic N) is 1. The number of carboxylic acids is 1. The zero-order valence-corrected chi connectivity index (χ0v) is 19.8. The van der Waals surface area contributed by atoms with Crippen LogP contribution in [0.2, 0.25) is 0 Å². The first kappa shape index (κ1) is 25.7. The second-order valence-electron chi connectivity index (χ2n) is 8.39. The molecule has 0 spiro atoms. The first-order valence-electron chi connectivity index (χ1n) is 10.7. The smallest absolute Gasteiger partial charge is 0.480 e. The summed E-state index contributed by atoms with van der Waals surface area (Å²) in [6.07, 6.45) is 2.60. The molecule has 0 aromatic heterocycles. The fourth-order valence-electron chi connectivity index (χ4n) is 3.74. The van der Waals surface area contributed by atoms with E-state index in [-0.39, 0.29) is 11.8 Å². The second-order valence-corrected chi connectivity index (χ2v) is 10.1. The molecular weight excluding hydrogens is 471 g/mol. The van der Waals surface area contributed by atoms with E-state index < -0.39 is 28.9 Å². The number of alkyl halides is 3. The Balaban J connectivity index is 1.64. The lowest BCUT2D eigenvalue weighted by Gasteiger charge is -2.34. The van der Waals surface area contributed by atoms with Crippen LogP contribution in [-0.2, 0) is 4.79 Å². The molecule has 184 valence electrons. The predicted molar refractivity (Wildman–Crippen MR) is 123 cm³/mol. The van der Waals surface area contributed by atoms with Crippen molar-refractivity contribution in [2.24, 2.45) is 0 Å². The molecule has 0 heterocycles. The molecule has 2 aliphatic rings. The van der Waals surface area contributed by atoms with Gasteiger partial charge in [0.15, 0.2) is 0 Å². The van der Waals surface area contributed by atoms with Crippen molar-refractivity contribution in [3.63, 3.8) is 0 Å². The molecule has 0 saturated carbocycles. The fourth-order valence-corrected chi connectivity index (χ4v) is 4.84. The number of rotatable bonds is 7. The number of hydrogen-bond acceptors (Lipinski definition) is 5. The van der Waals surface area contributed by atoms with Crippen LogP contribution in [0.1, 0.15) is 40.0 Å². The standard InChI is InChI=1S/C24H26F3NO5S/c1-4-28(22(31)32-18-8-10-19(11-9-18)33-24(25,26)27)17-7-5-16-14-20(12-6-15(16)13-17)34-23(2,3)21(29)30/h5-6,8-11,14,17H,4,7,12-13H2,1-3H3,(H,29,30). The zero-order valence-electron chi connectivity index (χ0n) is 19.0. The summed E-state index contributed by atoms with van der Waals surface area (Å²) >= 11 is 1.33. The summed E-state index contributed by atoms with van der Waals surface area (Å²) in [5.41, 5.74) is 2.13. The topological polar surface area (TPSA) is 76.1 Å². The first-order chi connectivity index (χ1) is 15.9. The van der Waals surface area contributed by atoms with Gasteiger partial charge in [-0.1, -0.05) is 12.2 Å². The summed E-state index contributed by atoms with van der Waals surface area (Å²) in [7, 11) is 0. The molecule has 34 heavy (non-hydrogen) atoms. The van der Waals surface area contributed by atoms with Crippen LogP contribution in [0, 0.1) is 0 Å². The van der Waals surface area contributed by atoms with Crippen LogP contribution in [0.25, 0.3) is 0 Å². The maximum atomic E-state index is 12.8. The molecule has 3 rings (SSSR count). The number of hydrogen-bond donors (Lipinski definition) is 1. The van der Waals surface area contributed by atoms with Gasteiger partial charge in [-0.15, -0.1) is 24.9 Å². The molecule has 0 bridgehead atoms. The molecule has 0 saturated heterocycles. The molecule has 0 fully saturated rings. The minimum atomic E-state index is -4.79. The van der Waals surface area contributed by atoms with Crippen molar-refractivity contribution in [2.45, 2.75) is 57.2 Å². The average molecular weight is 498 g/mol. The zero-order chi connectivity index (χ0) is 25.1. The largest absolute Gasteiger partial charge is 0.573 e. The summed E-state index contributed by atoms with van der Waals surface area (Å²) < 4.78 is 45.2.